The van der Waals surface area contributed by atoms with Gasteiger partial charge in [0.2, 0.25) is 0 Å². The van der Waals surface area contributed by atoms with Crippen molar-refractivity contribution in [1.29, 1.82) is 0 Å². The summed E-state index contributed by atoms with van der Waals surface area (Å²) >= 11 is 0.147. The van der Waals surface area contributed by atoms with E-state index in [1.165, 1.54) is 6.92 Å². The molecule has 1 saturated carbocycles. The number of thioether (sulfide) groups is 1. The predicted octanol–water partition coefficient (Wildman–Crippen LogP) is 3.15. The number of esters is 1. The van der Waals surface area contributed by atoms with Crippen LogP contribution < -0.4 is 0 Å². The van der Waals surface area contributed by atoms with E-state index >= 15 is 0 Å². The van der Waals surface area contributed by atoms with Crippen molar-refractivity contribution in [3.8, 4) is 0 Å². The molecule has 0 radical (unpaired) electrons. The van der Waals surface area contributed by atoms with Gasteiger partial charge in [-0.25, -0.2) is 4.79 Å². The minimum absolute atomic E-state index is 0.147. The number of hydrogen-bond donors (Lipinski definition) is 0. The van der Waals surface area contributed by atoms with Gasteiger partial charge < -0.3 is 4.74 Å². The van der Waals surface area contributed by atoms with Crippen LogP contribution in [0.5, 0.6) is 0 Å². The number of hydrogen-bond acceptors (Lipinski definition) is 4. The van der Waals surface area contributed by atoms with E-state index in [0.717, 1.165) is 0 Å². The van der Waals surface area contributed by atoms with Crippen molar-refractivity contribution >= 4 is 23.5 Å². The Balaban J connectivity index is 2.96. The molecule has 3 nitrogen and oxygen atoms in total. The second kappa shape index (κ2) is 6.40. The van der Waals surface area contributed by atoms with E-state index in [1.807, 2.05) is 0 Å². The lowest BCUT2D eigenvalue weighted by Crippen LogP contribution is -2.24. The molecule has 8 heteroatoms. The molecule has 0 unspecified atom stereocenters. The van der Waals surface area contributed by atoms with Crippen LogP contribution >= 0.6 is 11.8 Å². The highest BCUT2D eigenvalue weighted by Gasteiger charge is 2.44. The van der Waals surface area contributed by atoms with Gasteiger partial charge in [0.05, 0.1) is 11.9 Å². The van der Waals surface area contributed by atoms with Gasteiger partial charge >= 0.3 is 12.1 Å². The average molecular weight is 300 g/mol. The molecule has 0 amide bonds. The summed E-state index contributed by atoms with van der Waals surface area (Å²) in [4.78, 5) is 22.4. The standard InChI is InChI=1S/C11H12F4O3S/c1-2-18-10(17)8(11(13,14)15)9(12)19-7-5-3-4-6(7)16/h7H,2-5H2,1H3/b9-8+/t7-/m0/s1. The van der Waals surface area contributed by atoms with Crippen LogP contribution in [-0.4, -0.2) is 29.8 Å². The Hall–Kier alpha value is -1.05. The second-order valence-electron chi connectivity index (χ2n) is 3.83. The minimum atomic E-state index is -5.15. The summed E-state index contributed by atoms with van der Waals surface area (Å²) in [6.45, 7) is 1.02. The lowest BCUT2D eigenvalue weighted by Gasteiger charge is -2.13. The van der Waals surface area contributed by atoms with E-state index in [4.69, 9.17) is 0 Å². The highest BCUT2D eigenvalue weighted by molar-refractivity contribution is 8.04. The largest absolute Gasteiger partial charge is 0.462 e. The maximum Gasteiger partial charge on any atom is 0.426 e. The third-order valence-electron chi connectivity index (χ3n) is 2.45. The molecule has 0 spiro atoms. The first-order valence-electron chi connectivity index (χ1n) is 5.60. The lowest BCUT2D eigenvalue weighted by molar-refractivity contribution is -0.150. The summed E-state index contributed by atoms with van der Waals surface area (Å²) < 4.78 is 55.7. The normalized spacial score (nSPS) is 21.3. The quantitative estimate of drug-likeness (QED) is 0.454. The fourth-order valence-corrected chi connectivity index (χ4v) is 2.70. The molecule has 1 fully saturated rings. The van der Waals surface area contributed by atoms with E-state index in [2.05, 4.69) is 4.74 Å². The van der Waals surface area contributed by atoms with E-state index in [9.17, 15) is 27.2 Å². The van der Waals surface area contributed by atoms with Crippen LogP contribution in [0.3, 0.4) is 0 Å². The van der Waals surface area contributed by atoms with Gasteiger partial charge in [-0.05, 0) is 19.8 Å². The SMILES string of the molecule is CCOC(=O)/C(=C(/F)S[C@H]1CCCC1=O)C(F)(F)F. The Morgan fingerprint density at radius 2 is 2.11 bits per heavy atom. The van der Waals surface area contributed by atoms with Crippen molar-refractivity contribution in [2.45, 2.75) is 37.6 Å². The Morgan fingerprint density at radius 1 is 1.47 bits per heavy atom. The van der Waals surface area contributed by atoms with Crippen LogP contribution in [0.4, 0.5) is 17.6 Å². The average Bonchev–Trinajstić information content (AvgIpc) is 2.62. The molecule has 0 bridgehead atoms. The van der Waals surface area contributed by atoms with Crippen LogP contribution in [0.2, 0.25) is 0 Å². The van der Waals surface area contributed by atoms with E-state index in [0.29, 0.717) is 12.8 Å². The van der Waals surface area contributed by atoms with Gasteiger partial charge in [-0.1, -0.05) is 11.8 Å². The van der Waals surface area contributed by atoms with E-state index < -0.39 is 28.1 Å². The van der Waals surface area contributed by atoms with Crippen LogP contribution in [0.1, 0.15) is 26.2 Å². The van der Waals surface area contributed by atoms with Gasteiger partial charge in [0.25, 0.3) is 0 Å². The summed E-state index contributed by atoms with van der Waals surface area (Å²) in [5, 5.41) is -2.56. The molecule has 0 aromatic carbocycles. The summed E-state index contributed by atoms with van der Waals surface area (Å²) in [6.07, 6.45) is -4.09. The lowest BCUT2D eigenvalue weighted by atomic mass is 10.3. The molecular formula is C11H12F4O3S. The van der Waals surface area contributed by atoms with Crippen molar-refractivity contribution in [2.75, 3.05) is 6.61 Å². The molecule has 0 aromatic heterocycles. The first-order valence-corrected chi connectivity index (χ1v) is 6.48. The molecule has 0 N–H and O–H groups in total. The topological polar surface area (TPSA) is 43.4 Å². The summed E-state index contributed by atoms with van der Waals surface area (Å²) in [5.74, 6) is -2.06. The van der Waals surface area contributed by atoms with E-state index in [-0.39, 0.29) is 30.6 Å². The number of carbonyl (C=O) groups excluding carboxylic acids is 2. The predicted molar refractivity (Wildman–Crippen MR) is 61.1 cm³/mol. The molecule has 1 rings (SSSR count). The van der Waals surface area contributed by atoms with Crippen molar-refractivity contribution in [3.05, 3.63) is 10.7 Å². The summed E-state index contributed by atoms with van der Waals surface area (Å²) in [6, 6.07) is 0. The maximum atomic E-state index is 13.6. The van der Waals surface area contributed by atoms with Gasteiger partial charge in [-0.3, -0.25) is 4.79 Å². The molecule has 1 aliphatic carbocycles. The van der Waals surface area contributed by atoms with Crippen LogP contribution in [-0.2, 0) is 14.3 Å². The molecule has 0 heterocycles. The minimum Gasteiger partial charge on any atom is -0.462 e. The fraction of sp³-hybridized carbons (Fsp3) is 0.636. The second-order valence-corrected chi connectivity index (χ2v) is 5.00. The molecule has 0 aromatic rings. The van der Waals surface area contributed by atoms with Crippen LogP contribution in [0.25, 0.3) is 0 Å². The molecule has 108 valence electrons. The van der Waals surface area contributed by atoms with Crippen LogP contribution in [0.15, 0.2) is 10.7 Å². The Labute approximate surface area is 111 Å². The van der Waals surface area contributed by atoms with Crippen LogP contribution in [0, 0.1) is 0 Å². The van der Waals surface area contributed by atoms with Crippen molar-refractivity contribution < 1.29 is 31.9 Å². The third kappa shape index (κ3) is 4.22. The smallest absolute Gasteiger partial charge is 0.426 e. The highest BCUT2D eigenvalue weighted by atomic mass is 32.2. The molecule has 1 atom stereocenters. The molecule has 0 saturated heterocycles. The van der Waals surface area contributed by atoms with E-state index in [1.54, 1.807) is 0 Å². The number of alkyl halides is 3. The zero-order valence-electron chi connectivity index (χ0n) is 10.1. The Morgan fingerprint density at radius 3 is 2.53 bits per heavy atom. The number of halogens is 4. The highest BCUT2D eigenvalue weighted by Crippen LogP contribution is 2.39. The van der Waals surface area contributed by atoms with Gasteiger partial charge in [-0.15, -0.1) is 0 Å². The zero-order chi connectivity index (χ0) is 14.6. The summed E-state index contributed by atoms with van der Waals surface area (Å²) in [7, 11) is 0. The maximum absolute atomic E-state index is 13.6. The van der Waals surface area contributed by atoms with Gasteiger partial charge in [0.15, 0.2) is 10.7 Å². The molecule has 19 heavy (non-hydrogen) atoms. The van der Waals surface area contributed by atoms with Gasteiger partial charge in [0, 0.05) is 6.42 Å². The summed E-state index contributed by atoms with van der Waals surface area (Å²) in [5.41, 5.74) is -1.97. The first-order chi connectivity index (χ1) is 8.77. The first kappa shape index (κ1) is 16.0. The Kier molecular flexibility index (Phi) is 5.39. The molecular weight excluding hydrogens is 288 g/mol. The number of ketones is 1. The Bertz CT molecular complexity index is 403. The zero-order valence-corrected chi connectivity index (χ0v) is 10.9. The van der Waals surface area contributed by atoms with Crippen molar-refractivity contribution in [1.82, 2.24) is 0 Å². The number of Topliss-reactive ketones (excluding diaryl/α,β-unsaturated/α-hetero) is 1. The van der Waals surface area contributed by atoms with Crippen molar-refractivity contribution in [2.24, 2.45) is 0 Å². The van der Waals surface area contributed by atoms with Crippen molar-refractivity contribution in [3.63, 3.8) is 0 Å². The van der Waals surface area contributed by atoms with Gasteiger partial charge in [0.1, 0.15) is 5.78 Å². The van der Waals surface area contributed by atoms with Gasteiger partial charge in [-0.2, -0.15) is 17.6 Å². The monoisotopic (exact) mass is 300 g/mol. The number of ether oxygens (including phenoxy) is 1. The number of carbonyl (C=O) groups is 2. The number of rotatable bonds is 4. The molecule has 1 aliphatic rings. The third-order valence-corrected chi connectivity index (χ3v) is 3.65. The fourth-order valence-electron chi connectivity index (χ4n) is 1.60. The molecule has 0 aliphatic heterocycles.